The molecule has 0 radical (unpaired) electrons. The Hall–Kier alpha value is -1.48. The van der Waals surface area contributed by atoms with Crippen LogP contribution in [0.2, 0.25) is 0 Å². The highest BCUT2D eigenvalue weighted by Crippen LogP contribution is 2.30. The minimum Gasteiger partial charge on any atom is -0.399 e. The summed E-state index contributed by atoms with van der Waals surface area (Å²) in [6.07, 6.45) is 8.59. The summed E-state index contributed by atoms with van der Waals surface area (Å²) in [5, 5.41) is 2.14. The Kier molecular flexibility index (Phi) is 1.98. The molecule has 1 heterocycles. The molecule has 0 bridgehead atoms. The van der Waals surface area contributed by atoms with Gasteiger partial charge in [0.05, 0.1) is 5.00 Å². The molecule has 0 aliphatic heterocycles. The van der Waals surface area contributed by atoms with Gasteiger partial charge in [0.25, 0.3) is 0 Å². The van der Waals surface area contributed by atoms with Crippen molar-refractivity contribution in [2.75, 3.05) is 5.73 Å². The van der Waals surface area contributed by atoms with Crippen molar-refractivity contribution in [3.05, 3.63) is 39.7 Å². The van der Waals surface area contributed by atoms with E-state index in [2.05, 4.69) is 31.2 Å². The predicted octanol–water partition coefficient (Wildman–Crippen LogP) is 0.940. The first-order valence-electron chi connectivity index (χ1n) is 5.42. The third-order valence-corrected chi connectivity index (χ3v) is 4.18. The van der Waals surface area contributed by atoms with Crippen molar-refractivity contribution in [1.82, 2.24) is 0 Å². The second-order valence-corrected chi connectivity index (χ2v) is 5.55. The summed E-state index contributed by atoms with van der Waals surface area (Å²) in [5.41, 5.74) is 13.9. The van der Waals surface area contributed by atoms with E-state index in [0.29, 0.717) is 11.8 Å². The summed E-state index contributed by atoms with van der Waals surface area (Å²) in [4.78, 5) is 0. The molecule has 2 aliphatic rings. The average Bonchev–Trinajstić information content (AvgIpc) is 2.59. The molecule has 4 N–H and O–H groups in total. The van der Waals surface area contributed by atoms with Gasteiger partial charge in [-0.25, -0.2) is 0 Å². The molecule has 0 saturated carbocycles. The number of thiophene rings is 1. The van der Waals surface area contributed by atoms with E-state index in [1.165, 1.54) is 15.3 Å². The number of fused-ring (bicyclic) bond motifs is 2. The minimum absolute atomic E-state index is 0.453. The molecule has 2 atom stereocenters. The van der Waals surface area contributed by atoms with Gasteiger partial charge in [0, 0.05) is 16.1 Å². The fourth-order valence-electron chi connectivity index (χ4n) is 2.47. The standard InChI is InChI=1S/C13H14N2S/c1-7-4-12-11(6-13(15)16-12)10-5-8(14)2-3-9(7)10/h2-7,9H,14-15H2,1H3. The van der Waals surface area contributed by atoms with Gasteiger partial charge in [-0.05, 0) is 34.9 Å². The van der Waals surface area contributed by atoms with Crippen molar-refractivity contribution in [3.63, 3.8) is 0 Å². The van der Waals surface area contributed by atoms with Gasteiger partial charge < -0.3 is 11.5 Å². The van der Waals surface area contributed by atoms with Crippen molar-refractivity contribution >= 4 is 28.0 Å². The Bertz CT molecular complexity index is 619. The minimum atomic E-state index is 0.453. The zero-order valence-corrected chi connectivity index (χ0v) is 9.92. The molecule has 3 rings (SSSR count). The van der Waals surface area contributed by atoms with Crippen molar-refractivity contribution in [2.24, 2.45) is 17.6 Å². The third kappa shape index (κ3) is 1.32. The van der Waals surface area contributed by atoms with E-state index < -0.39 is 0 Å². The molecule has 3 heteroatoms. The van der Waals surface area contributed by atoms with Gasteiger partial charge in [-0.1, -0.05) is 19.1 Å². The number of hydrogen-bond acceptors (Lipinski definition) is 3. The van der Waals surface area contributed by atoms with Crippen LogP contribution in [0.1, 0.15) is 6.92 Å². The number of anilines is 1. The molecule has 0 amide bonds. The molecule has 1 aromatic rings. The Morgan fingerprint density at radius 1 is 1.31 bits per heavy atom. The number of nitrogens with two attached hydrogens (primary N) is 2. The highest BCUT2D eigenvalue weighted by atomic mass is 32.1. The number of nitrogen functional groups attached to an aromatic ring is 1. The summed E-state index contributed by atoms with van der Waals surface area (Å²) in [7, 11) is 0. The molecule has 2 nitrogen and oxygen atoms in total. The summed E-state index contributed by atoms with van der Waals surface area (Å²) in [6, 6.07) is 2.06. The maximum Gasteiger partial charge on any atom is 0.0868 e. The van der Waals surface area contributed by atoms with Crippen molar-refractivity contribution in [1.29, 1.82) is 0 Å². The zero-order valence-electron chi connectivity index (χ0n) is 9.10. The van der Waals surface area contributed by atoms with Crippen LogP contribution in [0.5, 0.6) is 0 Å². The van der Waals surface area contributed by atoms with E-state index in [1.54, 1.807) is 11.3 Å². The van der Waals surface area contributed by atoms with E-state index in [9.17, 15) is 0 Å². The summed E-state index contributed by atoms with van der Waals surface area (Å²) < 4.78 is 1.29. The van der Waals surface area contributed by atoms with Crippen LogP contribution in [0.4, 0.5) is 5.00 Å². The summed E-state index contributed by atoms with van der Waals surface area (Å²) in [5.74, 6) is 0.968. The van der Waals surface area contributed by atoms with Crippen LogP contribution in [0, 0.1) is 11.8 Å². The smallest absolute Gasteiger partial charge is 0.0868 e. The highest BCUT2D eigenvalue weighted by Gasteiger charge is 2.23. The lowest BCUT2D eigenvalue weighted by molar-refractivity contribution is 0.649. The number of hydrogen-bond donors (Lipinski definition) is 2. The van der Waals surface area contributed by atoms with Crippen LogP contribution in [-0.4, -0.2) is 0 Å². The quantitative estimate of drug-likeness (QED) is 0.697. The Balaban J connectivity index is 2.38. The number of rotatable bonds is 0. The molecule has 2 unspecified atom stereocenters. The van der Waals surface area contributed by atoms with Gasteiger partial charge in [0.15, 0.2) is 0 Å². The summed E-state index contributed by atoms with van der Waals surface area (Å²) >= 11 is 1.66. The normalized spacial score (nSPS) is 26.8. The molecular weight excluding hydrogens is 216 g/mol. The Morgan fingerprint density at radius 2 is 2.12 bits per heavy atom. The first kappa shape index (κ1) is 9.73. The molecule has 0 aromatic carbocycles. The predicted molar refractivity (Wildman–Crippen MR) is 69.9 cm³/mol. The van der Waals surface area contributed by atoms with Gasteiger partial charge in [-0.2, -0.15) is 0 Å². The molecule has 1 aromatic heterocycles. The van der Waals surface area contributed by atoms with Gasteiger partial charge in [0.1, 0.15) is 0 Å². The van der Waals surface area contributed by atoms with Crippen molar-refractivity contribution in [3.8, 4) is 0 Å². The van der Waals surface area contributed by atoms with Gasteiger partial charge in [-0.15, -0.1) is 11.3 Å². The van der Waals surface area contributed by atoms with E-state index in [0.717, 1.165) is 10.7 Å². The lowest BCUT2D eigenvalue weighted by Gasteiger charge is -2.25. The molecule has 0 fully saturated rings. The molecule has 82 valence electrons. The van der Waals surface area contributed by atoms with Crippen molar-refractivity contribution in [2.45, 2.75) is 6.92 Å². The average molecular weight is 230 g/mol. The maximum atomic E-state index is 5.88. The largest absolute Gasteiger partial charge is 0.399 e. The van der Waals surface area contributed by atoms with Gasteiger partial charge >= 0.3 is 0 Å². The molecule has 16 heavy (non-hydrogen) atoms. The monoisotopic (exact) mass is 230 g/mol. The second-order valence-electron chi connectivity index (χ2n) is 4.44. The number of allylic oxidation sites excluding steroid dienone is 3. The fraction of sp³-hybridized carbons (Fsp3) is 0.231. The topological polar surface area (TPSA) is 52.0 Å². The Labute approximate surface area is 98.3 Å². The Morgan fingerprint density at radius 3 is 2.94 bits per heavy atom. The summed E-state index contributed by atoms with van der Waals surface area (Å²) in [6.45, 7) is 2.24. The molecule has 2 aliphatic carbocycles. The van der Waals surface area contributed by atoms with E-state index in [4.69, 9.17) is 11.5 Å². The maximum absolute atomic E-state index is 5.88. The fourth-order valence-corrected chi connectivity index (χ4v) is 3.47. The van der Waals surface area contributed by atoms with E-state index >= 15 is 0 Å². The van der Waals surface area contributed by atoms with Gasteiger partial charge in [0.2, 0.25) is 0 Å². The van der Waals surface area contributed by atoms with Crippen LogP contribution in [-0.2, 0) is 0 Å². The lowest BCUT2D eigenvalue weighted by atomic mass is 9.80. The lowest BCUT2D eigenvalue weighted by Crippen LogP contribution is -2.32. The molecule has 0 spiro atoms. The van der Waals surface area contributed by atoms with Crippen molar-refractivity contribution < 1.29 is 0 Å². The second kappa shape index (κ2) is 3.25. The molecule has 0 saturated heterocycles. The van der Waals surface area contributed by atoms with Crippen LogP contribution in [0.25, 0.3) is 11.6 Å². The van der Waals surface area contributed by atoms with Crippen LogP contribution >= 0.6 is 11.3 Å². The zero-order chi connectivity index (χ0) is 11.3. The third-order valence-electron chi connectivity index (χ3n) is 3.25. The molecular formula is C13H14N2S. The first-order valence-corrected chi connectivity index (χ1v) is 6.23. The van der Waals surface area contributed by atoms with E-state index in [-0.39, 0.29) is 0 Å². The van der Waals surface area contributed by atoms with E-state index in [1.807, 2.05) is 6.08 Å². The van der Waals surface area contributed by atoms with Crippen LogP contribution in [0.15, 0.2) is 30.0 Å². The van der Waals surface area contributed by atoms with Crippen LogP contribution < -0.4 is 21.2 Å². The van der Waals surface area contributed by atoms with Gasteiger partial charge in [-0.3, -0.25) is 0 Å². The van der Waals surface area contributed by atoms with Crippen LogP contribution in [0.3, 0.4) is 0 Å². The SMILES string of the molecule is CC1C=c2sc(N)cc2=C2C=C(N)C=CC21. The first-order chi connectivity index (χ1) is 7.65. The highest BCUT2D eigenvalue weighted by molar-refractivity contribution is 7.13.